The Hall–Kier alpha value is -2.38. The number of piperazine rings is 1. The van der Waals surface area contributed by atoms with E-state index in [1.165, 1.54) is 4.31 Å². The van der Waals surface area contributed by atoms with Gasteiger partial charge in [0.1, 0.15) is 5.75 Å². The summed E-state index contributed by atoms with van der Waals surface area (Å²) >= 11 is 0. The number of hydrogen-bond acceptors (Lipinski definition) is 4. The number of sulfonamides is 1. The highest BCUT2D eigenvalue weighted by Gasteiger charge is 2.32. The molecule has 3 rings (SSSR count). The fourth-order valence-electron chi connectivity index (χ4n) is 3.37. The monoisotopic (exact) mass is 416 g/mol. The second kappa shape index (κ2) is 8.97. The van der Waals surface area contributed by atoms with E-state index in [-0.39, 0.29) is 23.9 Å². The first kappa shape index (κ1) is 21.3. The highest BCUT2D eigenvalue weighted by molar-refractivity contribution is 7.89. The SMILES string of the molecule is CC[C@@H](Oc1cccc(C)c1)C(=O)N1CCN(S(=O)(=O)c2ccc(C)cc2)CC1. The molecule has 2 aromatic rings. The Balaban J connectivity index is 1.63. The van der Waals surface area contributed by atoms with Crippen LogP contribution in [0.4, 0.5) is 0 Å². The van der Waals surface area contributed by atoms with Gasteiger partial charge >= 0.3 is 0 Å². The summed E-state index contributed by atoms with van der Waals surface area (Å²) in [6.07, 6.45) is -0.0219. The molecular formula is C22H28N2O4S. The average molecular weight is 417 g/mol. The van der Waals surface area contributed by atoms with Gasteiger partial charge in [-0.25, -0.2) is 8.42 Å². The van der Waals surface area contributed by atoms with Gasteiger partial charge in [0.15, 0.2) is 6.10 Å². The van der Waals surface area contributed by atoms with E-state index < -0.39 is 16.1 Å². The molecule has 0 aromatic heterocycles. The van der Waals surface area contributed by atoms with Crippen LogP contribution in [-0.4, -0.2) is 55.8 Å². The Kier molecular flexibility index (Phi) is 6.59. The molecule has 0 saturated carbocycles. The largest absolute Gasteiger partial charge is 0.481 e. The molecular weight excluding hydrogens is 388 g/mol. The fraction of sp³-hybridized carbons (Fsp3) is 0.409. The maximum absolute atomic E-state index is 12.9. The fourth-order valence-corrected chi connectivity index (χ4v) is 4.80. The Bertz CT molecular complexity index is 949. The summed E-state index contributed by atoms with van der Waals surface area (Å²) in [5, 5.41) is 0. The molecule has 1 saturated heterocycles. The molecule has 2 aromatic carbocycles. The van der Waals surface area contributed by atoms with Gasteiger partial charge in [-0.3, -0.25) is 4.79 Å². The van der Waals surface area contributed by atoms with Crippen LogP contribution in [-0.2, 0) is 14.8 Å². The van der Waals surface area contributed by atoms with Crippen molar-refractivity contribution < 1.29 is 17.9 Å². The summed E-state index contributed by atoms with van der Waals surface area (Å²) in [5.41, 5.74) is 2.08. The first-order valence-corrected chi connectivity index (χ1v) is 11.3. The lowest BCUT2D eigenvalue weighted by molar-refractivity contribution is -0.140. The minimum atomic E-state index is -3.54. The van der Waals surface area contributed by atoms with E-state index in [0.29, 0.717) is 25.3 Å². The molecule has 0 radical (unpaired) electrons. The molecule has 1 fully saturated rings. The molecule has 0 N–H and O–H groups in total. The molecule has 0 unspecified atom stereocenters. The van der Waals surface area contributed by atoms with Gasteiger partial charge in [-0.1, -0.05) is 36.8 Å². The summed E-state index contributed by atoms with van der Waals surface area (Å²) in [7, 11) is -3.54. The zero-order chi connectivity index (χ0) is 21.0. The van der Waals surface area contributed by atoms with E-state index in [2.05, 4.69) is 0 Å². The average Bonchev–Trinajstić information content (AvgIpc) is 2.72. The lowest BCUT2D eigenvalue weighted by atomic mass is 10.2. The molecule has 1 aliphatic rings. The van der Waals surface area contributed by atoms with Crippen LogP contribution in [0.2, 0.25) is 0 Å². The third-order valence-corrected chi connectivity index (χ3v) is 7.04. The van der Waals surface area contributed by atoms with Crippen molar-refractivity contribution in [2.45, 2.75) is 38.2 Å². The number of carbonyl (C=O) groups is 1. The number of nitrogens with zero attached hydrogens (tertiary/aromatic N) is 2. The minimum Gasteiger partial charge on any atom is -0.481 e. The Morgan fingerprint density at radius 2 is 1.66 bits per heavy atom. The maximum atomic E-state index is 12.9. The number of rotatable bonds is 6. The van der Waals surface area contributed by atoms with Crippen LogP contribution in [0.5, 0.6) is 5.75 Å². The third kappa shape index (κ3) is 4.97. The van der Waals surface area contributed by atoms with E-state index in [0.717, 1.165) is 11.1 Å². The number of amides is 1. The topological polar surface area (TPSA) is 66.9 Å². The lowest BCUT2D eigenvalue weighted by Crippen LogP contribution is -2.53. The van der Waals surface area contributed by atoms with Crippen molar-refractivity contribution in [1.82, 2.24) is 9.21 Å². The van der Waals surface area contributed by atoms with Crippen molar-refractivity contribution >= 4 is 15.9 Å². The van der Waals surface area contributed by atoms with Gasteiger partial charge in [0.05, 0.1) is 4.90 Å². The number of ether oxygens (including phenoxy) is 1. The van der Waals surface area contributed by atoms with E-state index >= 15 is 0 Å². The van der Waals surface area contributed by atoms with Crippen LogP contribution in [0, 0.1) is 13.8 Å². The summed E-state index contributed by atoms with van der Waals surface area (Å²) < 4.78 is 33.0. The van der Waals surface area contributed by atoms with Crippen molar-refractivity contribution in [3.05, 3.63) is 59.7 Å². The van der Waals surface area contributed by atoms with E-state index in [9.17, 15) is 13.2 Å². The molecule has 1 aliphatic heterocycles. The Morgan fingerprint density at radius 1 is 1.00 bits per heavy atom. The number of benzene rings is 2. The van der Waals surface area contributed by atoms with Crippen LogP contribution in [0.3, 0.4) is 0 Å². The summed E-state index contributed by atoms with van der Waals surface area (Å²) in [5.74, 6) is 0.576. The van der Waals surface area contributed by atoms with Gasteiger partial charge < -0.3 is 9.64 Å². The van der Waals surface area contributed by atoms with Crippen LogP contribution in [0.1, 0.15) is 24.5 Å². The van der Waals surface area contributed by atoms with Gasteiger partial charge in [0.2, 0.25) is 10.0 Å². The first-order chi connectivity index (χ1) is 13.8. The highest BCUT2D eigenvalue weighted by atomic mass is 32.2. The van der Waals surface area contributed by atoms with Crippen LogP contribution in [0.25, 0.3) is 0 Å². The molecule has 0 bridgehead atoms. The molecule has 29 heavy (non-hydrogen) atoms. The van der Waals surface area contributed by atoms with Crippen LogP contribution in [0.15, 0.2) is 53.4 Å². The van der Waals surface area contributed by atoms with E-state index in [1.54, 1.807) is 29.2 Å². The number of aryl methyl sites for hydroxylation is 2. The van der Waals surface area contributed by atoms with Gasteiger partial charge in [0.25, 0.3) is 5.91 Å². The minimum absolute atomic E-state index is 0.0959. The van der Waals surface area contributed by atoms with Crippen LogP contribution < -0.4 is 4.74 Å². The second-order valence-corrected chi connectivity index (χ2v) is 9.31. The van der Waals surface area contributed by atoms with Gasteiger partial charge in [-0.2, -0.15) is 4.31 Å². The first-order valence-electron chi connectivity index (χ1n) is 9.90. The van der Waals surface area contributed by atoms with E-state index in [1.807, 2.05) is 45.0 Å². The van der Waals surface area contributed by atoms with Crippen molar-refractivity contribution in [1.29, 1.82) is 0 Å². The van der Waals surface area contributed by atoms with E-state index in [4.69, 9.17) is 4.74 Å². The number of hydrogen-bond donors (Lipinski definition) is 0. The maximum Gasteiger partial charge on any atom is 0.263 e. The smallest absolute Gasteiger partial charge is 0.263 e. The molecule has 156 valence electrons. The third-order valence-electron chi connectivity index (χ3n) is 5.12. The highest BCUT2D eigenvalue weighted by Crippen LogP contribution is 2.20. The quantitative estimate of drug-likeness (QED) is 0.726. The zero-order valence-corrected chi connectivity index (χ0v) is 18.0. The predicted octanol–water partition coefficient (Wildman–Crippen LogP) is 2.99. The Morgan fingerprint density at radius 3 is 2.24 bits per heavy atom. The van der Waals surface area contributed by atoms with Crippen molar-refractivity contribution in [3.63, 3.8) is 0 Å². The molecule has 1 atom stereocenters. The molecule has 6 nitrogen and oxygen atoms in total. The molecule has 0 aliphatic carbocycles. The normalized spacial score (nSPS) is 16.4. The van der Waals surface area contributed by atoms with Crippen LogP contribution >= 0.6 is 0 Å². The second-order valence-electron chi connectivity index (χ2n) is 7.37. The molecule has 1 amide bonds. The van der Waals surface area contributed by atoms with Crippen molar-refractivity contribution in [2.24, 2.45) is 0 Å². The van der Waals surface area contributed by atoms with Gasteiger partial charge in [-0.15, -0.1) is 0 Å². The van der Waals surface area contributed by atoms with Gasteiger partial charge in [-0.05, 0) is 50.1 Å². The lowest BCUT2D eigenvalue weighted by Gasteiger charge is -2.35. The molecule has 1 heterocycles. The summed E-state index contributed by atoms with van der Waals surface area (Å²) in [6, 6.07) is 14.5. The molecule has 7 heteroatoms. The predicted molar refractivity (Wildman–Crippen MR) is 112 cm³/mol. The standard InChI is InChI=1S/C22H28N2O4S/c1-4-21(28-19-7-5-6-18(3)16-19)22(25)23-12-14-24(15-13-23)29(26,27)20-10-8-17(2)9-11-20/h5-11,16,21H,4,12-15H2,1-3H3/t21-/m1/s1. The molecule has 0 spiro atoms. The zero-order valence-electron chi connectivity index (χ0n) is 17.2. The summed E-state index contributed by atoms with van der Waals surface area (Å²) in [4.78, 5) is 14.9. The Labute approximate surface area is 173 Å². The number of carbonyl (C=O) groups excluding carboxylic acids is 1. The summed E-state index contributed by atoms with van der Waals surface area (Å²) in [6.45, 7) is 7.09. The van der Waals surface area contributed by atoms with Crippen molar-refractivity contribution in [3.8, 4) is 5.75 Å². The van der Waals surface area contributed by atoms with Crippen molar-refractivity contribution in [2.75, 3.05) is 26.2 Å². The van der Waals surface area contributed by atoms with Gasteiger partial charge in [0, 0.05) is 26.2 Å².